The Labute approximate surface area is 94.6 Å². The van der Waals surface area contributed by atoms with E-state index in [-0.39, 0.29) is 13.4 Å². The lowest BCUT2D eigenvalue weighted by Gasteiger charge is -2.24. The summed E-state index contributed by atoms with van der Waals surface area (Å²) in [4.78, 5) is 10.7. The van der Waals surface area contributed by atoms with Crippen LogP contribution in [0.4, 0.5) is 17.6 Å². The average molecular weight is 264 g/mol. The number of hydrogen-bond acceptors (Lipinski definition) is 5. The molecule has 1 atom stereocenters. The maximum atomic E-state index is 13.3. The third kappa shape index (κ3) is 4.44. The van der Waals surface area contributed by atoms with E-state index < -0.39 is 24.6 Å². The second kappa shape index (κ2) is 6.72. The molecule has 0 aromatic rings. The third-order valence-corrected chi connectivity index (χ3v) is 1.54. The number of halogens is 4. The molecule has 0 N–H and O–H groups in total. The van der Waals surface area contributed by atoms with Crippen molar-refractivity contribution in [1.82, 2.24) is 0 Å². The van der Waals surface area contributed by atoms with Gasteiger partial charge in [0.05, 0.1) is 20.3 Å². The monoisotopic (exact) mass is 264 g/mol. The molecule has 5 nitrogen and oxygen atoms in total. The molecule has 1 unspecified atom stereocenters. The Bertz CT molecular complexity index is 245. The van der Waals surface area contributed by atoms with Gasteiger partial charge in [-0.25, -0.2) is 4.79 Å². The van der Waals surface area contributed by atoms with Crippen LogP contribution in [0.2, 0.25) is 0 Å². The van der Waals surface area contributed by atoms with Crippen molar-refractivity contribution in [2.24, 2.45) is 0 Å². The zero-order valence-electron chi connectivity index (χ0n) is 9.17. The van der Waals surface area contributed by atoms with E-state index >= 15 is 0 Å². The normalized spacial score (nSPS) is 15.4. The summed E-state index contributed by atoms with van der Waals surface area (Å²) in [6.45, 7) is -1.34. The fourth-order valence-corrected chi connectivity index (χ4v) is 0.771. The summed E-state index contributed by atoms with van der Waals surface area (Å²) in [6.07, 6.45) is -5.53. The van der Waals surface area contributed by atoms with E-state index in [1.165, 1.54) is 7.11 Å². The van der Waals surface area contributed by atoms with Crippen LogP contribution in [0, 0.1) is 0 Å². The number of hydrogen-bond donors (Lipinski definition) is 0. The van der Waals surface area contributed by atoms with Gasteiger partial charge in [-0.1, -0.05) is 0 Å². The molecule has 0 aromatic carbocycles. The van der Waals surface area contributed by atoms with Gasteiger partial charge in [-0.15, -0.1) is 0 Å². The van der Waals surface area contributed by atoms with Gasteiger partial charge in [0.1, 0.15) is 6.79 Å². The molecule has 0 saturated carbocycles. The molecule has 0 spiro atoms. The predicted octanol–water partition coefficient (Wildman–Crippen LogP) is 1.02. The third-order valence-electron chi connectivity index (χ3n) is 1.54. The molecule has 0 saturated heterocycles. The van der Waals surface area contributed by atoms with E-state index in [0.29, 0.717) is 7.11 Å². The first-order valence-electron chi connectivity index (χ1n) is 4.34. The summed E-state index contributed by atoms with van der Waals surface area (Å²) >= 11 is 0. The highest BCUT2D eigenvalue weighted by Gasteiger charge is 2.65. The minimum absolute atomic E-state index is 0.188. The van der Waals surface area contributed by atoms with Crippen molar-refractivity contribution in [3.8, 4) is 0 Å². The Kier molecular flexibility index (Phi) is 6.35. The van der Waals surface area contributed by atoms with Crippen LogP contribution in [0.3, 0.4) is 0 Å². The van der Waals surface area contributed by atoms with Gasteiger partial charge >= 0.3 is 18.0 Å². The number of carbonyl (C=O) groups excluding carboxylic acids is 1. The molecule has 0 rings (SSSR count). The van der Waals surface area contributed by atoms with E-state index in [0.717, 1.165) is 0 Å². The fraction of sp³-hybridized carbons (Fsp3) is 0.875. The van der Waals surface area contributed by atoms with Gasteiger partial charge in [0, 0.05) is 7.11 Å². The second-order valence-electron chi connectivity index (χ2n) is 2.75. The molecule has 0 heterocycles. The predicted molar refractivity (Wildman–Crippen MR) is 45.7 cm³/mol. The van der Waals surface area contributed by atoms with Crippen LogP contribution in [0.25, 0.3) is 0 Å². The molecule has 102 valence electrons. The van der Waals surface area contributed by atoms with Gasteiger partial charge in [0.2, 0.25) is 0 Å². The number of methoxy groups -OCH3 is 2. The highest BCUT2D eigenvalue weighted by Crippen LogP contribution is 2.36. The molecule has 0 fully saturated rings. The summed E-state index contributed by atoms with van der Waals surface area (Å²) in [5.41, 5.74) is 0. The molecule has 0 aliphatic heterocycles. The Balaban J connectivity index is 4.37. The van der Waals surface area contributed by atoms with Crippen LogP contribution in [-0.2, 0) is 23.7 Å². The van der Waals surface area contributed by atoms with Crippen molar-refractivity contribution in [1.29, 1.82) is 0 Å². The minimum Gasteiger partial charge on any atom is -0.465 e. The largest absolute Gasteiger partial charge is 0.465 e. The molecular formula is C8H12F4O5. The van der Waals surface area contributed by atoms with Crippen molar-refractivity contribution < 1.29 is 41.3 Å². The second-order valence-corrected chi connectivity index (χ2v) is 2.75. The standard InChI is InChI=1S/C8H12F4O5/c1-14-5-16-3-4-17-7(9,6(13)15-2)8(10,11)12/h3-5H2,1-2H3. The lowest BCUT2D eigenvalue weighted by Crippen LogP contribution is -2.51. The van der Waals surface area contributed by atoms with Crippen LogP contribution in [-0.4, -0.2) is 52.2 Å². The quantitative estimate of drug-likeness (QED) is 0.297. The van der Waals surface area contributed by atoms with E-state index in [1.54, 1.807) is 0 Å². The highest BCUT2D eigenvalue weighted by molar-refractivity contribution is 5.78. The first-order chi connectivity index (χ1) is 7.79. The van der Waals surface area contributed by atoms with Gasteiger partial charge in [-0.2, -0.15) is 17.6 Å². The zero-order valence-corrected chi connectivity index (χ0v) is 9.17. The lowest BCUT2D eigenvalue weighted by atomic mass is 10.3. The number of esters is 1. The van der Waals surface area contributed by atoms with Crippen molar-refractivity contribution >= 4 is 5.97 Å². The van der Waals surface area contributed by atoms with Crippen LogP contribution in [0.5, 0.6) is 0 Å². The van der Waals surface area contributed by atoms with E-state index in [9.17, 15) is 22.4 Å². The fourth-order valence-electron chi connectivity index (χ4n) is 0.771. The van der Waals surface area contributed by atoms with Crippen LogP contribution in [0.15, 0.2) is 0 Å². The van der Waals surface area contributed by atoms with Crippen LogP contribution >= 0.6 is 0 Å². The number of carbonyl (C=O) groups is 1. The maximum Gasteiger partial charge on any atom is 0.460 e. The smallest absolute Gasteiger partial charge is 0.460 e. The zero-order chi connectivity index (χ0) is 13.5. The Morgan fingerprint density at radius 2 is 1.71 bits per heavy atom. The van der Waals surface area contributed by atoms with Gasteiger partial charge in [-0.3, -0.25) is 0 Å². The number of ether oxygens (including phenoxy) is 4. The summed E-state index contributed by atoms with van der Waals surface area (Å²) < 4.78 is 66.6. The molecule has 0 radical (unpaired) electrons. The van der Waals surface area contributed by atoms with Crippen molar-refractivity contribution in [3.05, 3.63) is 0 Å². The molecule has 0 bridgehead atoms. The van der Waals surface area contributed by atoms with Crippen molar-refractivity contribution in [2.75, 3.05) is 34.2 Å². The number of alkyl halides is 4. The van der Waals surface area contributed by atoms with Crippen molar-refractivity contribution in [3.63, 3.8) is 0 Å². The van der Waals surface area contributed by atoms with Crippen LogP contribution < -0.4 is 0 Å². The SMILES string of the molecule is COCOCCOC(F)(C(=O)OC)C(F)(F)F. The Morgan fingerprint density at radius 1 is 1.12 bits per heavy atom. The average Bonchev–Trinajstić information content (AvgIpc) is 2.25. The molecule has 17 heavy (non-hydrogen) atoms. The molecule has 0 aliphatic rings. The van der Waals surface area contributed by atoms with E-state index in [2.05, 4.69) is 18.9 Å². The molecule has 0 aromatic heterocycles. The first kappa shape index (κ1) is 16.1. The topological polar surface area (TPSA) is 54.0 Å². The van der Waals surface area contributed by atoms with Gasteiger partial charge < -0.3 is 18.9 Å². The minimum atomic E-state index is -5.53. The van der Waals surface area contributed by atoms with Gasteiger partial charge in [-0.05, 0) is 0 Å². The molecule has 9 heteroatoms. The molecular weight excluding hydrogens is 252 g/mol. The van der Waals surface area contributed by atoms with Gasteiger partial charge in [0.15, 0.2) is 0 Å². The first-order valence-corrected chi connectivity index (χ1v) is 4.34. The summed E-state index contributed by atoms with van der Waals surface area (Å²) in [5.74, 6) is -6.66. The van der Waals surface area contributed by atoms with Gasteiger partial charge in [0.25, 0.3) is 0 Å². The highest BCUT2D eigenvalue weighted by atomic mass is 19.4. The van der Waals surface area contributed by atoms with E-state index in [1.807, 2.05) is 0 Å². The maximum absolute atomic E-state index is 13.3. The van der Waals surface area contributed by atoms with E-state index in [4.69, 9.17) is 0 Å². The van der Waals surface area contributed by atoms with Crippen molar-refractivity contribution in [2.45, 2.75) is 12.0 Å². The Hall–Kier alpha value is -0.930. The summed E-state index contributed by atoms with van der Waals surface area (Å²) in [5, 5.41) is 0. The molecule has 0 aliphatic carbocycles. The lowest BCUT2D eigenvalue weighted by molar-refractivity contribution is -0.325. The number of rotatable bonds is 7. The van der Waals surface area contributed by atoms with Crippen LogP contribution in [0.1, 0.15) is 0 Å². The summed E-state index contributed by atoms with van der Waals surface area (Å²) in [6, 6.07) is 0. The summed E-state index contributed by atoms with van der Waals surface area (Å²) in [7, 11) is 1.91. The molecule has 0 amide bonds. The Morgan fingerprint density at radius 3 is 2.12 bits per heavy atom.